The van der Waals surface area contributed by atoms with Crippen molar-refractivity contribution in [2.45, 2.75) is 19.8 Å². The van der Waals surface area contributed by atoms with Crippen LogP contribution in [0.1, 0.15) is 19.8 Å². The lowest BCUT2D eigenvalue weighted by Gasteiger charge is -2.19. The fourth-order valence-electron chi connectivity index (χ4n) is 1.79. The van der Waals surface area contributed by atoms with E-state index in [1.807, 2.05) is 6.92 Å². The number of nitrogens with one attached hydrogen (secondary N) is 1. The Morgan fingerprint density at radius 1 is 1.33 bits per heavy atom. The highest BCUT2D eigenvalue weighted by atomic mass is 32.2. The van der Waals surface area contributed by atoms with Crippen LogP contribution in [-0.4, -0.2) is 45.1 Å². The van der Waals surface area contributed by atoms with E-state index in [1.54, 1.807) is 24.3 Å². The summed E-state index contributed by atoms with van der Waals surface area (Å²) in [5.41, 5.74) is 0.522. The Balaban J connectivity index is 2.74. The van der Waals surface area contributed by atoms with Gasteiger partial charge in [-0.05, 0) is 18.6 Å². The number of rotatable bonds is 8. The average Bonchev–Trinajstić information content (AvgIpc) is 2.42. The maximum atomic E-state index is 12.0. The molecule has 0 fully saturated rings. The predicted molar refractivity (Wildman–Crippen MR) is 82.9 cm³/mol. The largest absolute Gasteiger partial charge is 0.495 e. The Labute approximate surface area is 126 Å². The molecule has 0 aliphatic heterocycles. The average molecular weight is 314 g/mol. The summed E-state index contributed by atoms with van der Waals surface area (Å²) in [6.07, 6.45) is 2.69. The zero-order valence-corrected chi connectivity index (χ0v) is 13.4. The summed E-state index contributed by atoms with van der Waals surface area (Å²) in [5, 5.41) is 2.67. The number of hydrogen-bond donors (Lipinski definition) is 1. The van der Waals surface area contributed by atoms with Gasteiger partial charge in [-0.1, -0.05) is 25.5 Å². The van der Waals surface area contributed by atoms with Gasteiger partial charge in [0.1, 0.15) is 5.75 Å². The second-order valence-electron chi connectivity index (χ2n) is 4.70. The quantitative estimate of drug-likeness (QED) is 0.792. The lowest BCUT2D eigenvalue weighted by molar-refractivity contribution is -0.116. The molecule has 0 atom stereocenters. The molecule has 7 heteroatoms. The van der Waals surface area contributed by atoms with Crippen LogP contribution in [0.25, 0.3) is 0 Å². The minimum Gasteiger partial charge on any atom is -0.495 e. The van der Waals surface area contributed by atoms with E-state index in [2.05, 4.69) is 5.32 Å². The van der Waals surface area contributed by atoms with Crippen molar-refractivity contribution < 1.29 is 17.9 Å². The molecule has 0 saturated heterocycles. The number of unbranched alkanes of at least 4 members (excludes halogenated alkanes) is 1. The third-order valence-electron chi connectivity index (χ3n) is 2.93. The van der Waals surface area contributed by atoms with E-state index in [-0.39, 0.29) is 12.5 Å². The Kier molecular flexibility index (Phi) is 6.64. The molecule has 1 aromatic rings. The molecule has 0 saturated carbocycles. The van der Waals surface area contributed by atoms with Crippen molar-refractivity contribution in [2.75, 3.05) is 31.8 Å². The van der Waals surface area contributed by atoms with E-state index in [1.165, 1.54) is 11.4 Å². The maximum absolute atomic E-state index is 12.0. The van der Waals surface area contributed by atoms with Crippen LogP contribution >= 0.6 is 0 Å². The molecular weight excluding hydrogens is 292 g/mol. The van der Waals surface area contributed by atoms with E-state index in [0.29, 0.717) is 18.0 Å². The molecular formula is C14H22N2O4S. The number of sulfonamides is 1. The van der Waals surface area contributed by atoms with Crippen LogP contribution in [0.15, 0.2) is 24.3 Å². The molecule has 0 spiro atoms. The summed E-state index contributed by atoms with van der Waals surface area (Å²) in [7, 11) is -1.89. The number of para-hydroxylation sites is 2. The second-order valence-corrected chi connectivity index (χ2v) is 6.68. The number of methoxy groups -OCH3 is 1. The standard InChI is InChI=1S/C14H22N2O4S/c1-4-5-10-16(21(3,18)19)11-14(17)15-12-8-6-7-9-13(12)20-2/h6-9H,4-5,10-11H2,1-3H3,(H,15,17). The highest BCUT2D eigenvalue weighted by Gasteiger charge is 2.20. The van der Waals surface area contributed by atoms with E-state index >= 15 is 0 Å². The minimum atomic E-state index is -3.40. The van der Waals surface area contributed by atoms with Gasteiger partial charge in [0.2, 0.25) is 15.9 Å². The lowest BCUT2D eigenvalue weighted by Crippen LogP contribution is -2.38. The van der Waals surface area contributed by atoms with Crippen molar-refractivity contribution in [3.63, 3.8) is 0 Å². The zero-order chi connectivity index (χ0) is 15.9. The Bertz CT molecular complexity index is 572. The molecule has 21 heavy (non-hydrogen) atoms. The number of carbonyl (C=O) groups is 1. The molecule has 0 bridgehead atoms. The van der Waals surface area contributed by atoms with E-state index in [0.717, 1.165) is 19.1 Å². The fraction of sp³-hybridized carbons (Fsp3) is 0.500. The summed E-state index contributed by atoms with van der Waals surface area (Å²) >= 11 is 0. The summed E-state index contributed by atoms with van der Waals surface area (Å²) in [4.78, 5) is 12.0. The van der Waals surface area contributed by atoms with Gasteiger partial charge in [0.25, 0.3) is 0 Å². The van der Waals surface area contributed by atoms with E-state index in [4.69, 9.17) is 4.74 Å². The smallest absolute Gasteiger partial charge is 0.239 e. The van der Waals surface area contributed by atoms with Gasteiger partial charge in [0.05, 0.1) is 25.6 Å². The molecule has 1 N–H and O–H groups in total. The van der Waals surface area contributed by atoms with Gasteiger partial charge in [0.15, 0.2) is 0 Å². The first-order valence-electron chi connectivity index (χ1n) is 6.76. The highest BCUT2D eigenvalue weighted by molar-refractivity contribution is 7.88. The maximum Gasteiger partial charge on any atom is 0.239 e. The molecule has 0 unspecified atom stereocenters. The molecule has 6 nitrogen and oxygen atoms in total. The van der Waals surface area contributed by atoms with E-state index < -0.39 is 10.0 Å². The van der Waals surface area contributed by atoms with Crippen LogP contribution in [0.2, 0.25) is 0 Å². The first-order chi connectivity index (χ1) is 9.88. The number of nitrogens with zero attached hydrogens (tertiary/aromatic N) is 1. The van der Waals surface area contributed by atoms with Crippen molar-refractivity contribution in [3.05, 3.63) is 24.3 Å². The molecule has 0 aliphatic carbocycles. The summed E-state index contributed by atoms with van der Waals surface area (Å²) in [6.45, 7) is 2.11. The summed E-state index contributed by atoms with van der Waals surface area (Å²) in [5.74, 6) is 0.145. The van der Waals surface area contributed by atoms with Crippen LogP contribution < -0.4 is 10.1 Å². The number of benzene rings is 1. The SMILES string of the molecule is CCCCN(CC(=O)Nc1ccccc1OC)S(C)(=O)=O. The number of carbonyl (C=O) groups excluding carboxylic acids is 1. The van der Waals surface area contributed by atoms with E-state index in [9.17, 15) is 13.2 Å². The van der Waals surface area contributed by atoms with Crippen molar-refractivity contribution in [2.24, 2.45) is 0 Å². The third-order valence-corrected chi connectivity index (χ3v) is 4.18. The van der Waals surface area contributed by atoms with Crippen LogP contribution in [0.5, 0.6) is 5.75 Å². The molecule has 0 aromatic heterocycles. The van der Waals surface area contributed by atoms with Gasteiger partial charge in [-0.15, -0.1) is 0 Å². The number of amides is 1. The van der Waals surface area contributed by atoms with Crippen LogP contribution in [0, 0.1) is 0 Å². The van der Waals surface area contributed by atoms with Gasteiger partial charge in [-0.2, -0.15) is 4.31 Å². The Morgan fingerprint density at radius 3 is 2.57 bits per heavy atom. The van der Waals surface area contributed by atoms with Crippen LogP contribution in [-0.2, 0) is 14.8 Å². The van der Waals surface area contributed by atoms with Gasteiger partial charge in [-0.25, -0.2) is 8.42 Å². The Hall–Kier alpha value is -1.60. The minimum absolute atomic E-state index is 0.198. The summed E-state index contributed by atoms with van der Waals surface area (Å²) < 4.78 is 29.7. The predicted octanol–water partition coefficient (Wildman–Crippen LogP) is 1.70. The van der Waals surface area contributed by atoms with Crippen LogP contribution in [0.3, 0.4) is 0 Å². The number of hydrogen-bond acceptors (Lipinski definition) is 4. The van der Waals surface area contributed by atoms with Crippen molar-refractivity contribution in [1.29, 1.82) is 0 Å². The first kappa shape index (κ1) is 17.5. The molecule has 1 amide bonds. The zero-order valence-electron chi connectivity index (χ0n) is 12.6. The van der Waals surface area contributed by atoms with Gasteiger partial charge >= 0.3 is 0 Å². The van der Waals surface area contributed by atoms with Crippen LogP contribution in [0.4, 0.5) is 5.69 Å². The lowest BCUT2D eigenvalue weighted by atomic mass is 10.3. The fourth-order valence-corrected chi connectivity index (χ4v) is 2.61. The molecule has 118 valence electrons. The monoisotopic (exact) mass is 314 g/mol. The highest BCUT2D eigenvalue weighted by Crippen LogP contribution is 2.22. The molecule has 1 aromatic carbocycles. The topological polar surface area (TPSA) is 75.7 Å². The molecule has 1 rings (SSSR count). The molecule has 0 heterocycles. The molecule has 0 aliphatic rings. The van der Waals surface area contributed by atoms with Gasteiger partial charge in [-0.3, -0.25) is 4.79 Å². The third kappa shape index (κ3) is 5.73. The van der Waals surface area contributed by atoms with Gasteiger partial charge in [0, 0.05) is 6.54 Å². The van der Waals surface area contributed by atoms with Crippen molar-refractivity contribution >= 4 is 21.6 Å². The normalized spacial score (nSPS) is 11.4. The molecule has 0 radical (unpaired) electrons. The second kappa shape index (κ2) is 7.99. The Morgan fingerprint density at radius 2 is 2.00 bits per heavy atom. The number of anilines is 1. The van der Waals surface area contributed by atoms with Crippen molar-refractivity contribution in [1.82, 2.24) is 4.31 Å². The van der Waals surface area contributed by atoms with Crippen molar-refractivity contribution in [3.8, 4) is 5.75 Å². The number of ether oxygens (including phenoxy) is 1. The summed E-state index contributed by atoms with van der Waals surface area (Å²) in [6, 6.07) is 6.98. The first-order valence-corrected chi connectivity index (χ1v) is 8.61. The van der Waals surface area contributed by atoms with Gasteiger partial charge < -0.3 is 10.1 Å².